The minimum Gasteiger partial charge on any atom is -0.381 e. The predicted molar refractivity (Wildman–Crippen MR) is 94.3 cm³/mol. The molecule has 0 saturated carbocycles. The SMILES string of the molecule is CCc1cc(C)cc(C)c1C1C(=O)C=C(CC2CCOCC2)C1=O. The highest BCUT2D eigenvalue weighted by Crippen LogP contribution is 2.36. The molecule has 1 aliphatic heterocycles. The van der Waals surface area contributed by atoms with Gasteiger partial charge in [-0.15, -0.1) is 0 Å². The van der Waals surface area contributed by atoms with Gasteiger partial charge in [-0.05, 0) is 68.2 Å². The van der Waals surface area contributed by atoms with Gasteiger partial charge in [-0.2, -0.15) is 0 Å². The van der Waals surface area contributed by atoms with E-state index in [-0.39, 0.29) is 11.6 Å². The molecule has 1 heterocycles. The number of hydrogen-bond donors (Lipinski definition) is 0. The number of aryl methyl sites for hydroxylation is 3. The summed E-state index contributed by atoms with van der Waals surface area (Å²) in [4.78, 5) is 25.6. The Labute approximate surface area is 144 Å². The molecule has 0 spiro atoms. The molecule has 1 saturated heterocycles. The van der Waals surface area contributed by atoms with Crippen molar-refractivity contribution in [3.05, 3.63) is 46.0 Å². The van der Waals surface area contributed by atoms with Crippen LogP contribution in [0.25, 0.3) is 0 Å². The first-order chi connectivity index (χ1) is 11.5. The summed E-state index contributed by atoms with van der Waals surface area (Å²) in [6.07, 6.45) is 5.13. The van der Waals surface area contributed by atoms with Crippen molar-refractivity contribution in [3.8, 4) is 0 Å². The number of ketones is 2. The summed E-state index contributed by atoms with van der Waals surface area (Å²) < 4.78 is 5.39. The van der Waals surface area contributed by atoms with E-state index >= 15 is 0 Å². The summed E-state index contributed by atoms with van der Waals surface area (Å²) in [5.74, 6) is -0.169. The lowest BCUT2D eigenvalue weighted by Crippen LogP contribution is -2.20. The quantitative estimate of drug-likeness (QED) is 0.790. The van der Waals surface area contributed by atoms with Crippen molar-refractivity contribution in [2.24, 2.45) is 5.92 Å². The van der Waals surface area contributed by atoms with E-state index in [9.17, 15) is 9.59 Å². The van der Waals surface area contributed by atoms with Crippen LogP contribution in [0.2, 0.25) is 0 Å². The van der Waals surface area contributed by atoms with Crippen LogP contribution in [0, 0.1) is 19.8 Å². The smallest absolute Gasteiger partial charge is 0.174 e. The maximum Gasteiger partial charge on any atom is 0.174 e. The molecule has 1 aromatic carbocycles. The predicted octanol–water partition coefficient (Wildman–Crippen LogP) is 3.84. The molecule has 3 heteroatoms. The number of allylic oxidation sites excluding steroid dienone is 2. The average Bonchev–Trinajstić information content (AvgIpc) is 2.82. The van der Waals surface area contributed by atoms with Gasteiger partial charge in [0.2, 0.25) is 0 Å². The molecule has 0 bridgehead atoms. The molecule has 1 fully saturated rings. The van der Waals surface area contributed by atoms with E-state index in [2.05, 4.69) is 26.0 Å². The van der Waals surface area contributed by atoms with Crippen molar-refractivity contribution in [2.75, 3.05) is 13.2 Å². The van der Waals surface area contributed by atoms with Gasteiger partial charge >= 0.3 is 0 Å². The van der Waals surface area contributed by atoms with Gasteiger partial charge in [-0.1, -0.05) is 24.6 Å². The van der Waals surface area contributed by atoms with Gasteiger partial charge in [-0.3, -0.25) is 9.59 Å². The minimum atomic E-state index is -0.615. The van der Waals surface area contributed by atoms with E-state index in [1.807, 2.05) is 6.92 Å². The Balaban J connectivity index is 1.86. The molecule has 3 rings (SSSR count). The van der Waals surface area contributed by atoms with Gasteiger partial charge in [0.15, 0.2) is 11.6 Å². The van der Waals surface area contributed by atoms with Crippen molar-refractivity contribution < 1.29 is 14.3 Å². The van der Waals surface area contributed by atoms with E-state index in [1.165, 1.54) is 5.56 Å². The number of carbonyl (C=O) groups is 2. The summed E-state index contributed by atoms with van der Waals surface area (Å²) in [5, 5.41) is 0. The van der Waals surface area contributed by atoms with Crippen LogP contribution in [-0.4, -0.2) is 24.8 Å². The van der Waals surface area contributed by atoms with Crippen molar-refractivity contribution >= 4 is 11.6 Å². The van der Waals surface area contributed by atoms with Crippen molar-refractivity contribution in [1.82, 2.24) is 0 Å². The number of rotatable bonds is 4. The largest absolute Gasteiger partial charge is 0.381 e. The van der Waals surface area contributed by atoms with Crippen LogP contribution in [0.15, 0.2) is 23.8 Å². The lowest BCUT2D eigenvalue weighted by atomic mass is 9.83. The number of hydrogen-bond acceptors (Lipinski definition) is 3. The number of carbonyl (C=O) groups excluding carboxylic acids is 2. The Kier molecular flexibility index (Phi) is 5.00. The van der Waals surface area contributed by atoms with Crippen LogP contribution in [0.5, 0.6) is 0 Å². The van der Waals surface area contributed by atoms with E-state index in [0.29, 0.717) is 5.92 Å². The van der Waals surface area contributed by atoms with Crippen LogP contribution < -0.4 is 0 Å². The zero-order valence-corrected chi connectivity index (χ0v) is 14.9. The minimum absolute atomic E-state index is 0.0214. The van der Waals surface area contributed by atoms with Gasteiger partial charge in [-0.25, -0.2) is 0 Å². The Bertz CT molecular complexity index is 693. The van der Waals surface area contributed by atoms with Gasteiger partial charge in [0.1, 0.15) is 5.92 Å². The number of ether oxygens (including phenoxy) is 1. The third-order valence-electron chi connectivity index (χ3n) is 5.32. The molecule has 0 aromatic heterocycles. The lowest BCUT2D eigenvalue weighted by molar-refractivity contribution is -0.123. The Hall–Kier alpha value is -1.74. The Morgan fingerprint density at radius 2 is 1.83 bits per heavy atom. The van der Waals surface area contributed by atoms with E-state index < -0.39 is 5.92 Å². The normalized spacial score (nSPS) is 22.1. The van der Waals surface area contributed by atoms with Crippen LogP contribution in [0.3, 0.4) is 0 Å². The standard InChI is InChI=1S/C21H26O3/c1-4-16-10-13(2)9-14(3)19(16)20-18(22)12-17(21(20)23)11-15-5-7-24-8-6-15/h9-10,12,15,20H,4-8,11H2,1-3H3. The van der Waals surface area contributed by atoms with Gasteiger partial charge in [0.05, 0.1) is 0 Å². The molecule has 128 valence electrons. The van der Waals surface area contributed by atoms with Crippen molar-refractivity contribution in [1.29, 1.82) is 0 Å². The molecular formula is C21H26O3. The fourth-order valence-corrected chi connectivity index (χ4v) is 4.11. The summed E-state index contributed by atoms with van der Waals surface area (Å²) >= 11 is 0. The molecule has 2 aliphatic rings. The Morgan fingerprint density at radius 3 is 2.50 bits per heavy atom. The highest BCUT2D eigenvalue weighted by Gasteiger charge is 2.38. The summed E-state index contributed by atoms with van der Waals surface area (Å²) in [6.45, 7) is 7.68. The molecule has 3 nitrogen and oxygen atoms in total. The first kappa shape index (κ1) is 17.1. The maximum absolute atomic E-state index is 13.0. The fraction of sp³-hybridized carbons (Fsp3) is 0.524. The number of Topliss-reactive ketones (excluding diaryl/α,β-unsaturated/α-hetero) is 1. The number of benzene rings is 1. The summed E-state index contributed by atoms with van der Waals surface area (Å²) in [6, 6.07) is 4.19. The van der Waals surface area contributed by atoms with Crippen molar-refractivity contribution in [3.63, 3.8) is 0 Å². The van der Waals surface area contributed by atoms with Gasteiger partial charge in [0.25, 0.3) is 0 Å². The summed E-state index contributed by atoms with van der Waals surface area (Å²) in [5.41, 5.74) is 5.02. The second kappa shape index (κ2) is 7.02. The average molecular weight is 326 g/mol. The molecule has 0 amide bonds. The Morgan fingerprint density at radius 1 is 1.12 bits per heavy atom. The second-order valence-electron chi connectivity index (χ2n) is 7.14. The topological polar surface area (TPSA) is 43.4 Å². The third-order valence-corrected chi connectivity index (χ3v) is 5.32. The first-order valence-corrected chi connectivity index (χ1v) is 8.97. The van der Waals surface area contributed by atoms with E-state index in [0.717, 1.165) is 61.2 Å². The summed E-state index contributed by atoms with van der Waals surface area (Å²) in [7, 11) is 0. The fourth-order valence-electron chi connectivity index (χ4n) is 4.11. The highest BCUT2D eigenvalue weighted by atomic mass is 16.5. The van der Waals surface area contributed by atoms with Crippen molar-refractivity contribution in [2.45, 2.75) is 52.4 Å². The van der Waals surface area contributed by atoms with E-state index in [1.54, 1.807) is 6.08 Å². The molecule has 1 atom stereocenters. The van der Waals surface area contributed by atoms with E-state index in [4.69, 9.17) is 4.74 Å². The van der Waals surface area contributed by atoms with Crippen LogP contribution in [0.1, 0.15) is 54.4 Å². The molecule has 1 aliphatic carbocycles. The lowest BCUT2D eigenvalue weighted by Gasteiger charge is -2.22. The van der Waals surface area contributed by atoms with Crippen LogP contribution >= 0.6 is 0 Å². The molecule has 24 heavy (non-hydrogen) atoms. The molecule has 0 radical (unpaired) electrons. The van der Waals surface area contributed by atoms with Gasteiger partial charge in [0, 0.05) is 18.8 Å². The zero-order valence-electron chi connectivity index (χ0n) is 14.9. The second-order valence-corrected chi connectivity index (χ2v) is 7.14. The molecule has 1 aromatic rings. The van der Waals surface area contributed by atoms with Gasteiger partial charge < -0.3 is 4.74 Å². The first-order valence-electron chi connectivity index (χ1n) is 8.97. The third kappa shape index (κ3) is 3.23. The molecular weight excluding hydrogens is 300 g/mol. The molecule has 0 N–H and O–H groups in total. The molecule has 1 unspecified atom stereocenters. The van der Waals surface area contributed by atoms with Crippen LogP contribution in [-0.2, 0) is 20.7 Å². The zero-order chi connectivity index (χ0) is 17.3. The maximum atomic E-state index is 13.0. The monoisotopic (exact) mass is 326 g/mol. The highest BCUT2D eigenvalue weighted by molar-refractivity contribution is 6.25. The van der Waals surface area contributed by atoms with Crippen LogP contribution in [0.4, 0.5) is 0 Å².